The van der Waals surface area contributed by atoms with Crippen LogP contribution >= 0.6 is 0 Å². The number of rotatable bonds is 5. The number of hydrogen-bond acceptors (Lipinski definition) is 3. The Morgan fingerprint density at radius 1 is 1.40 bits per heavy atom. The summed E-state index contributed by atoms with van der Waals surface area (Å²) in [7, 11) is 3.80. The van der Waals surface area contributed by atoms with Gasteiger partial charge in [-0.1, -0.05) is 0 Å². The molecular formula is C14H25N3O3. The molecule has 2 unspecified atom stereocenters. The largest absolute Gasteiger partial charge is 0.480 e. The maximum atomic E-state index is 12.2. The lowest BCUT2D eigenvalue weighted by Crippen LogP contribution is -2.57. The first-order valence-corrected chi connectivity index (χ1v) is 7.31. The molecular weight excluding hydrogens is 258 g/mol. The molecule has 6 nitrogen and oxygen atoms in total. The SMILES string of the molecule is CN(CC1CCCN1C)C(=O)NC(C)(C(=O)O)C1CC1. The highest BCUT2D eigenvalue weighted by Crippen LogP contribution is 2.39. The number of likely N-dealkylation sites (N-methyl/N-ethyl adjacent to an activating group) is 2. The van der Waals surface area contributed by atoms with Gasteiger partial charge in [-0.2, -0.15) is 0 Å². The fourth-order valence-electron chi connectivity index (χ4n) is 2.92. The van der Waals surface area contributed by atoms with Crippen LogP contribution in [0, 0.1) is 5.92 Å². The average molecular weight is 283 g/mol. The third-order valence-corrected chi connectivity index (χ3v) is 4.71. The molecule has 0 aromatic heterocycles. The van der Waals surface area contributed by atoms with Crippen LogP contribution in [0.25, 0.3) is 0 Å². The van der Waals surface area contributed by atoms with Crippen molar-refractivity contribution in [1.82, 2.24) is 15.1 Å². The summed E-state index contributed by atoms with van der Waals surface area (Å²) in [5.74, 6) is -0.883. The van der Waals surface area contributed by atoms with Crippen LogP contribution in [-0.4, -0.2) is 65.7 Å². The standard InChI is InChI=1S/C14H25N3O3/c1-14(12(18)19,10-6-7-10)15-13(20)17(3)9-11-5-4-8-16(11)2/h10-11H,4-9H2,1-3H3,(H,15,20)(H,18,19). The minimum Gasteiger partial charge on any atom is -0.480 e. The van der Waals surface area contributed by atoms with Gasteiger partial charge in [0.25, 0.3) is 0 Å². The Morgan fingerprint density at radius 3 is 2.50 bits per heavy atom. The Kier molecular flexibility index (Phi) is 4.22. The van der Waals surface area contributed by atoms with Crippen molar-refractivity contribution >= 4 is 12.0 Å². The molecule has 0 aromatic rings. The van der Waals surface area contributed by atoms with Gasteiger partial charge in [-0.05, 0) is 52.1 Å². The average Bonchev–Trinajstić information content (AvgIpc) is 3.15. The Bertz CT molecular complexity index is 397. The highest BCUT2D eigenvalue weighted by atomic mass is 16.4. The maximum Gasteiger partial charge on any atom is 0.329 e. The number of amides is 2. The van der Waals surface area contributed by atoms with Gasteiger partial charge in [0.1, 0.15) is 5.54 Å². The van der Waals surface area contributed by atoms with Crippen LogP contribution in [0.3, 0.4) is 0 Å². The summed E-state index contributed by atoms with van der Waals surface area (Å²) in [4.78, 5) is 27.5. The van der Waals surface area contributed by atoms with Gasteiger partial charge in [-0.3, -0.25) is 0 Å². The molecule has 0 radical (unpaired) electrons. The molecule has 2 atom stereocenters. The lowest BCUT2D eigenvalue weighted by Gasteiger charge is -2.31. The number of carbonyl (C=O) groups is 2. The smallest absolute Gasteiger partial charge is 0.329 e. The van der Waals surface area contributed by atoms with E-state index < -0.39 is 11.5 Å². The van der Waals surface area contributed by atoms with Crippen LogP contribution in [0.4, 0.5) is 4.79 Å². The van der Waals surface area contributed by atoms with E-state index in [0.29, 0.717) is 12.6 Å². The first-order valence-electron chi connectivity index (χ1n) is 7.31. The molecule has 0 bridgehead atoms. The Hall–Kier alpha value is -1.30. The number of carbonyl (C=O) groups excluding carboxylic acids is 1. The molecule has 20 heavy (non-hydrogen) atoms. The van der Waals surface area contributed by atoms with Crippen LogP contribution < -0.4 is 5.32 Å². The first kappa shape index (κ1) is 15.1. The fourth-order valence-corrected chi connectivity index (χ4v) is 2.92. The third kappa shape index (κ3) is 3.06. The molecule has 114 valence electrons. The van der Waals surface area contributed by atoms with E-state index in [1.807, 2.05) is 0 Å². The molecule has 2 N–H and O–H groups in total. The van der Waals surface area contributed by atoms with Crippen molar-refractivity contribution < 1.29 is 14.7 Å². The van der Waals surface area contributed by atoms with Crippen molar-refractivity contribution in [2.24, 2.45) is 5.92 Å². The summed E-state index contributed by atoms with van der Waals surface area (Å²) in [5, 5.41) is 12.1. The number of likely N-dealkylation sites (tertiary alicyclic amines) is 1. The number of hydrogen-bond donors (Lipinski definition) is 2. The monoisotopic (exact) mass is 283 g/mol. The predicted octanol–water partition coefficient (Wildman–Crippen LogP) is 0.975. The number of urea groups is 1. The summed E-state index contributed by atoms with van der Waals surface area (Å²) >= 11 is 0. The molecule has 1 aliphatic heterocycles. The van der Waals surface area contributed by atoms with Gasteiger partial charge in [0.05, 0.1) is 0 Å². The second-order valence-corrected chi connectivity index (χ2v) is 6.37. The molecule has 1 aliphatic carbocycles. The summed E-state index contributed by atoms with van der Waals surface area (Å²) in [5.41, 5.74) is -1.13. The third-order valence-electron chi connectivity index (χ3n) is 4.71. The highest BCUT2D eigenvalue weighted by Gasteiger charge is 2.49. The minimum atomic E-state index is -1.13. The van der Waals surface area contributed by atoms with Gasteiger partial charge in [0.15, 0.2) is 0 Å². The van der Waals surface area contributed by atoms with E-state index >= 15 is 0 Å². The number of nitrogens with one attached hydrogen (secondary N) is 1. The molecule has 1 saturated carbocycles. The van der Waals surface area contributed by atoms with E-state index in [2.05, 4.69) is 17.3 Å². The van der Waals surface area contributed by atoms with Gasteiger partial charge in [0, 0.05) is 19.6 Å². The van der Waals surface area contributed by atoms with Crippen LogP contribution in [0.2, 0.25) is 0 Å². The summed E-state index contributed by atoms with van der Waals surface area (Å²) < 4.78 is 0. The Balaban J connectivity index is 1.91. The number of nitrogens with zero attached hydrogens (tertiary/aromatic N) is 2. The van der Waals surface area contributed by atoms with E-state index in [4.69, 9.17) is 0 Å². The lowest BCUT2D eigenvalue weighted by atomic mass is 9.96. The molecule has 2 fully saturated rings. The number of carboxylic acids is 1. The van der Waals surface area contributed by atoms with Crippen LogP contribution in [0.15, 0.2) is 0 Å². The van der Waals surface area contributed by atoms with Crippen LogP contribution in [0.1, 0.15) is 32.6 Å². The zero-order chi connectivity index (χ0) is 14.9. The van der Waals surface area contributed by atoms with Crippen molar-refractivity contribution in [1.29, 1.82) is 0 Å². The van der Waals surface area contributed by atoms with Crippen molar-refractivity contribution in [3.05, 3.63) is 0 Å². The molecule has 0 spiro atoms. The van der Waals surface area contributed by atoms with Crippen LogP contribution in [-0.2, 0) is 4.79 Å². The maximum absolute atomic E-state index is 12.2. The van der Waals surface area contributed by atoms with E-state index in [1.54, 1.807) is 18.9 Å². The molecule has 0 aromatic carbocycles. The van der Waals surface area contributed by atoms with Crippen molar-refractivity contribution in [2.45, 2.75) is 44.2 Å². The quantitative estimate of drug-likeness (QED) is 0.789. The second kappa shape index (κ2) is 5.60. The highest BCUT2D eigenvalue weighted by molar-refractivity contribution is 5.86. The van der Waals surface area contributed by atoms with Crippen molar-refractivity contribution in [3.63, 3.8) is 0 Å². The minimum absolute atomic E-state index is 0.0616. The van der Waals surface area contributed by atoms with E-state index in [-0.39, 0.29) is 11.9 Å². The Labute approximate surface area is 120 Å². The van der Waals surface area contributed by atoms with Crippen LogP contribution in [0.5, 0.6) is 0 Å². The van der Waals surface area contributed by atoms with Gasteiger partial charge in [-0.25, -0.2) is 9.59 Å². The second-order valence-electron chi connectivity index (χ2n) is 6.37. The van der Waals surface area contributed by atoms with Gasteiger partial charge >= 0.3 is 12.0 Å². The fraction of sp³-hybridized carbons (Fsp3) is 0.857. The zero-order valence-electron chi connectivity index (χ0n) is 12.6. The lowest BCUT2D eigenvalue weighted by molar-refractivity contribution is -0.144. The molecule has 1 heterocycles. The molecule has 1 saturated heterocycles. The zero-order valence-corrected chi connectivity index (χ0v) is 12.6. The summed E-state index contributed by atoms with van der Waals surface area (Å²) in [6, 6.07) is 0.0878. The van der Waals surface area contributed by atoms with Gasteiger partial charge in [-0.15, -0.1) is 0 Å². The molecule has 6 heteroatoms. The molecule has 2 aliphatic rings. The van der Waals surface area contributed by atoms with Crippen molar-refractivity contribution in [3.8, 4) is 0 Å². The molecule has 2 rings (SSSR count). The van der Waals surface area contributed by atoms with E-state index in [0.717, 1.165) is 32.2 Å². The van der Waals surface area contributed by atoms with E-state index in [1.165, 1.54) is 0 Å². The van der Waals surface area contributed by atoms with Gasteiger partial charge < -0.3 is 20.2 Å². The normalized spacial score (nSPS) is 26.1. The first-order chi connectivity index (χ1) is 9.34. The van der Waals surface area contributed by atoms with Crippen molar-refractivity contribution in [2.75, 3.05) is 27.2 Å². The van der Waals surface area contributed by atoms with E-state index in [9.17, 15) is 14.7 Å². The molecule has 2 amide bonds. The summed E-state index contributed by atoms with van der Waals surface area (Å²) in [6.07, 6.45) is 3.99. The topological polar surface area (TPSA) is 72.9 Å². The summed E-state index contributed by atoms with van der Waals surface area (Å²) in [6.45, 7) is 3.32. The number of carboxylic acid groups (broad SMARTS) is 1. The number of aliphatic carboxylic acids is 1. The predicted molar refractivity (Wildman–Crippen MR) is 75.6 cm³/mol. The Morgan fingerprint density at radius 2 is 2.05 bits per heavy atom. The van der Waals surface area contributed by atoms with Gasteiger partial charge in [0.2, 0.25) is 0 Å².